The third kappa shape index (κ3) is 2.89. The summed E-state index contributed by atoms with van der Waals surface area (Å²) in [5, 5.41) is 0. The first-order valence-corrected chi connectivity index (χ1v) is 8.72. The number of carbonyl (C=O) groups is 1. The predicted octanol–water partition coefficient (Wildman–Crippen LogP) is 4.86. The first-order chi connectivity index (χ1) is 13.1. The van der Waals surface area contributed by atoms with Crippen molar-refractivity contribution in [3.05, 3.63) is 70.8 Å². The number of ketones is 1. The zero-order valence-corrected chi connectivity index (χ0v) is 14.7. The number of hydrogen-bond acceptors (Lipinski definition) is 3. The summed E-state index contributed by atoms with van der Waals surface area (Å²) < 4.78 is 0. The second-order valence-corrected chi connectivity index (χ2v) is 6.61. The second kappa shape index (κ2) is 5.92. The molecule has 2 aliphatic rings. The fourth-order valence-corrected chi connectivity index (χ4v) is 3.38. The lowest BCUT2D eigenvalue weighted by Crippen LogP contribution is -1.96. The van der Waals surface area contributed by atoms with Gasteiger partial charge in [0.1, 0.15) is 0 Å². The Morgan fingerprint density at radius 2 is 1.30 bits per heavy atom. The van der Waals surface area contributed by atoms with Gasteiger partial charge in [-0.15, -0.1) is 0 Å². The first-order valence-electron chi connectivity index (χ1n) is 8.72. The van der Waals surface area contributed by atoms with Crippen molar-refractivity contribution in [1.29, 1.82) is 0 Å². The average molecular weight is 352 g/mol. The number of nitrogens with zero attached hydrogens (tertiary/aromatic N) is 2. The number of nitrogens with one attached hydrogen (secondary N) is 2. The summed E-state index contributed by atoms with van der Waals surface area (Å²) in [5.41, 5.74) is 7.37. The van der Waals surface area contributed by atoms with Gasteiger partial charge >= 0.3 is 0 Å². The molecule has 5 nitrogen and oxygen atoms in total. The minimum absolute atomic E-state index is 0.0281. The Bertz CT molecular complexity index is 1300. The van der Waals surface area contributed by atoms with Gasteiger partial charge in [0.15, 0.2) is 5.78 Å². The van der Waals surface area contributed by atoms with E-state index < -0.39 is 0 Å². The van der Waals surface area contributed by atoms with E-state index in [4.69, 9.17) is 0 Å². The Balaban J connectivity index is 1.90. The van der Waals surface area contributed by atoms with Crippen LogP contribution in [-0.4, -0.2) is 25.7 Å². The number of fused-ring (bicyclic) bond motifs is 8. The molecule has 8 bridgehead atoms. The number of hydrogen-bond donors (Lipinski definition) is 2. The molecule has 5 heterocycles. The van der Waals surface area contributed by atoms with Gasteiger partial charge in [0.05, 0.1) is 33.9 Å². The normalized spacial score (nSPS) is 12.5. The van der Waals surface area contributed by atoms with Gasteiger partial charge in [-0.05, 0) is 73.7 Å². The van der Waals surface area contributed by atoms with Crippen LogP contribution in [-0.2, 0) is 0 Å². The van der Waals surface area contributed by atoms with Crippen LogP contribution in [0.4, 0.5) is 0 Å². The number of rotatable bonds is 1. The molecule has 0 amide bonds. The van der Waals surface area contributed by atoms with E-state index in [2.05, 4.69) is 19.9 Å². The summed E-state index contributed by atoms with van der Waals surface area (Å²) >= 11 is 0. The molecule has 3 aromatic heterocycles. The summed E-state index contributed by atoms with van der Waals surface area (Å²) in [5.74, 6) is -0.0281. The average Bonchev–Trinajstić information content (AvgIpc) is 3.39. The van der Waals surface area contributed by atoms with Gasteiger partial charge in [0, 0.05) is 16.6 Å². The zero-order chi connectivity index (χ0) is 18.4. The highest BCUT2D eigenvalue weighted by Crippen LogP contribution is 2.21. The molecule has 0 saturated heterocycles. The molecule has 0 saturated carbocycles. The smallest absolute Gasteiger partial charge is 0.164 e. The number of H-pyrrole nitrogens is 2. The van der Waals surface area contributed by atoms with Gasteiger partial charge in [0.25, 0.3) is 0 Å². The molecule has 0 radical (unpaired) electrons. The molecule has 0 spiro atoms. The lowest BCUT2D eigenvalue weighted by Gasteiger charge is -1.96. The van der Waals surface area contributed by atoms with Crippen LogP contribution in [0.15, 0.2) is 42.5 Å². The van der Waals surface area contributed by atoms with Crippen LogP contribution in [0.5, 0.6) is 0 Å². The Kier molecular flexibility index (Phi) is 3.40. The van der Waals surface area contributed by atoms with Crippen LogP contribution in [0.1, 0.15) is 40.1 Å². The molecule has 2 aliphatic heterocycles. The number of aromatic amines is 2. The Morgan fingerprint density at radius 3 is 1.96 bits per heavy atom. The monoisotopic (exact) mass is 352 g/mol. The molecule has 0 unspecified atom stereocenters. The number of aromatic nitrogens is 4. The quantitative estimate of drug-likeness (QED) is 0.423. The summed E-state index contributed by atoms with van der Waals surface area (Å²) in [6.45, 7) is 1.56. The molecule has 0 fully saturated rings. The van der Waals surface area contributed by atoms with Crippen molar-refractivity contribution < 1.29 is 4.79 Å². The fraction of sp³-hybridized carbons (Fsp3) is 0.0455. The van der Waals surface area contributed by atoms with Crippen LogP contribution >= 0.6 is 0 Å². The van der Waals surface area contributed by atoms with Crippen molar-refractivity contribution in [2.75, 3.05) is 0 Å². The van der Waals surface area contributed by atoms with Crippen molar-refractivity contribution >= 4 is 52.2 Å². The Labute approximate surface area is 155 Å². The SMILES string of the molecule is CC(=O)c1c2nc(cc3ccc(cc4nc(cc5ccc1[nH]5)C=C4)[nH]3)C=C2. The maximum absolute atomic E-state index is 12.3. The fourth-order valence-electron chi connectivity index (χ4n) is 3.38. The van der Waals surface area contributed by atoms with Gasteiger partial charge in [0.2, 0.25) is 0 Å². The van der Waals surface area contributed by atoms with Gasteiger partial charge < -0.3 is 9.97 Å². The Hall–Kier alpha value is -3.73. The maximum Gasteiger partial charge on any atom is 0.164 e. The standard InChI is InChI=1S/C22H16N4O/c1-13(27)22-20-8-6-18(25-20)11-16-4-2-14(23-16)10-15-3-5-17(24-15)12-19-7-9-21(22)26-19/h2-12,23,26H,1H3. The first kappa shape index (κ1) is 15.5. The van der Waals surface area contributed by atoms with E-state index in [-0.39, 0.29) is 5.78 Å². The maximum atomic E-state index is 12.3. The van der Waals surface area contributed by atoms with E-state index >= 15 is 0 Å². The molecule has 0 aliphatic carbocycles. The zero-order valence-electron chi connectivity index (χ0n) is 14.7. The van der Waals surface area contributed by atoms with Crippen LogP contribution in [0.25, 0.3) is 46.4 Å². The highest BCUT2D eigenvalue weighted by Gasteiger charge is 2.12. The Morgan fingerprint density at radius 1 is 0.741 bits per heavy atom. The number of carbonyl (C=O) groups excluding carboxylic acids is 1. The molecule has 0 atom stereocenters. The third-order valence-corrected chi connectivity index (χ3v) is 4.57. The van der Waals surface area contributed by atoms with Gasteiger partial charge in [-0.3, -0.25) is 4.79 Å². The van der Waals surface area contributed by atoms with Gasteiger partial charge in [-0.2, -0.15) is 0 Å². The largest absolute Gasteiger partial charge is 0.355 e. The van der Waals surface area contributed by atoms with E-state index in [1.54, 1.807) is 6.92 Å². The van der Waals surface area contributed by atoms with Crippen LogP contribution in [0.2, 0.25) is 0 Å². The summed E-state index contributed by atoms with van der Waals surface area (Å²) in [6.07, 6.45) is 7.75. The van der Waals surface area contributed by atoms with E-state index in [0.717, 1.165) is 39.1 Å². The summed E-state index contributed by atoms with van der Waals surface area (Å²) in [7, 11) is 0. The predicted molar refractivity (Wildman–Crippen MR) is 109 cm³/mol. The lowest BCUT2D eigenvalue weighted by atomic mass is 10.1. The number of Topliss-reactive ketones (excluding diaryl/α,β-unsaturated/α-hetero) is 1. The van der Waals surface area contributed by atoms with E-state index in [0.29, 0.717) is 11.3 Å². The van der Waals surface area contributed by atoms with Gasteiger partial charge in [-0.1, -0.05) is 0 Å². The van der Waals surface area contributed by atoms with Crippen molar-refractivity contribution in [3.63, 3.8) is 0 Å². The van der Waals surface area contributed by atoms with E-state index in [1.165, 1.54) is 0 Å². The third-order valence-electron chi connectivity index (χ3n) is 4.57. The summed E-state index contributed by atoms with van der Waals surface area (Å²) in [6, 6.07) is 13.8. The minimum Gasteiger partial charge on any atom is -0.355 e. The molecule has 5 heteroatoms. The molecular formula is C22H16N4O. The topological polar surface area (TPSA) is 74.4 Å². The highest BCUT2D eigenvalue weighted by atomic mass is 16.1. The van der Waals surface area contributed by atoms with Crippen molar-refractivity contribution in [2.24, 2.45) is 0 Å². The molecule has 2 N–H and O–H groups in total. The van der Waals surface area contributed by atoms with Crippen LogP contribution < -0.4 is 0 Å². The molecule has 5 rings (SSSR count). The molecule has 130 valence electrons. The molecule has 27 heavy (non-hydrogen) atoms. The van der Waals surface area contributed by atoms with E-state index in [9.17, 15) is 4.79 Å². The second-order valence-electron chi connectivity index (χ2n) is 6.61. The summed E-state index contributed by atoms with van der Waals surface area (Å²) in [4.78, 5) is 28.2. The van der Waals surface area contributed by atoms with Crippen LogP contribution in [0, 0.1) is 0 Å². The highest BCUT2D eigenvalue weighted by molar-refractivity contribution is 6.04. The van der Waals surface area contributed by atoms with Crippen LogP contribution in [0.3, 0.4) is 0 Å². The molecule has 0 aromatic carbocycles. The van der Waals surface area contributed by atoms with Gasteiger partial charge in [-0.25, -0.2) is 9.97 Å². The molecular weight excluding hydrogens is 336 g/mol. The van der Waals surface area contributed by atoms with Crippen molar-refractivity contribution in [2.45, 2.75) is 6.92 Å². The minimum atomic E-state index is -0.0281. The lowest BCUT2D eigenvalue weighted by molar-refractivity contribution is 0.101. The van der Waals surface area contributed by atoms with Crippen molar-refractivity contribution in [3.8, 4) is 0 Å². The van der Waals surface area contributed by atoms with E-state index in [1.807, 2.05) is 66.8 Å². The van der Waals surface area contributed by atoms with Crippen molar-refractivity contribution in [1.82, 2.24) is 19.9 Å². The molecule has 3 aromatic rings.